The highest BCUT2D eigenvalue weighted by Crippen LogP contribution is 2.36. The number of nitrogens with zero attached hydrogens (tertiary/aromatic N) is 1. The predicted molar refractivity (Wildman–Crippen MR) is 106 cm³/mol. The average Bonchev–Trinajstić information content (AvgIpc) is 3.34. The summed E-state index contributed by atoms with van der Waals surface area (Å²) in [7, 11) is 2.97. The zero-order chi connectivity index (χ0) is 20.1. The van der Waals surface area contributed by atoms with Crippen molar-refractivity contribution in [2.75, 3.05) is 24.9 Å². The quantitative estimate of drug-likeness (QED) is 0.600. The summed E-state index contributed by atoms with van der Waals surface area (Å²) in [5.74, 6) is 0.312. The van der Waals surface area contributed by atoms with Crippen LogP contribution >= 0.6 is 22.9 Å². The molecular weight excluding hydrogens is 406 g/mol. The summed E-state index contributed by atoms with van der Waals surface area (Å²) in [6, 6.07) is 6.30. The Balaban J connectivity index is 1.63. The molecule has 0 aliphatic carbocycles. The normalized spacial score (nSPS) is 10.4. The average molecular weight is 422 g/mol. The molecule has 3 aromatic rings. The Hall–Kier alpha value is -3.04. The first-order valence-corrected chi connectivity index (χ1v) is 9.26. The second-order valence-electron chi connectivity index (χ2n) is 5.49. The van der Waals surface area contributed by atoms with Gasteiger partial charge in [-0.1, -0.05) is 11.6 Å². The van der Waals surface area contributed by atoms with Gasteiger partial charge in [0.1, 0.15) is 11.5 Å². The van der Waals surface area contributed by atoms with Crippen LogP contribution in [0.4, 0.5) is 10.8 Å². The van der Waals surface area contributed by atoms with Crippen LogP contribution in [-0.2, 0) is 11.2 Å². The lowest BCUT2D eigenvalue weighted by molar-refractivity contribution is -0.115. The molecule has 0 saturated heterocycles. The predicted octanol–water partition coefficient (Wildman–Crippen LogP) is 3.84. The molecule has 0 unspecified atom stereocenters. The van der Waals surface area contributed by atoms with Gasteiger partial charge in [0.05, 0.1) is 43.3 Å². The van der Waals surface area contributed by atoms with E-state index in [9.17, 15) is 9.59 Å². The summed E-state index contributed by atoms with van der Waals surface area (Å²) in [4.78, 5) is 28.5. The molecule has 0 atom stereocenters. The topological polar surface area (TPSA) is 103 Å². The van der Waals surface area contributed by atoms with Crippen LogP contribution in [0.2, 0.25) is 5.02 Å². The highest BCUT2D eigenvalue weighted by atomic mass is 35.5. The van der Waals surface area contributed by atoms with Crippen LogP contribution in [0.1, 0.15) is 16.2 Å². The van der Waals surface area contributed by atoms with E-state index < -0.39 is 5.91 Å². The molecule has 0 bridgehead atoms. The molecule has 10 heteroatoms. The summed E-state index contributed by atoms with van der Waals surface area (Å²) in [5, 5.41) is 7.75. The highest BCUT2D eigenvalue weighted by Gasteiger charge is 2.15. The summed E-state index contributed by atoms with van der Waals surface area (Å²) in [6.45, 7) is 0. The van der Waals surface area contributed by atoms with Crippen molar-refractivity contribution in [2.45, 2.75) is 6.42 Å². The van der Waals surface area contributed by atoms with Crippen LogP contribution in [0.25, 0.3) is 0 Å². The lowest BCUT2D eigenvalue weighted by Crippen LogP contribution is -2.15. The molecule has 3 rings (SSSR count). The molecule has 8 nitrogen and oxygen atoms in total. The first-order valence-electron chi connectivity index (χ1n) is 8.00. The van der Waals surface area contributed by atoms with Crippen LogP contribution in [0.15, 0.2) is 40.3 Å². The fourth-order valence-corrected chi connectivity index (χ4v) is 3.27. The van der Waals surface area contributed by atoms with Gasteiger partial charge in [-0.3, -0.25) is 14.9 Å². The van der Waals surface area contributed by atoms with Crippen LogP contribution in [0, 0.1) is 0 Å². The molecule has 0 aliphatic heterocycles. The Labute approximate surface area is 169 Å². The van der Waals surface area contributed by atoms with Crippen LogP contribution in [0.5, 0.6) is 11.5 Å². The molecule has 146 valence electrons. The molecule has 0 spiro atoms. The van der Waals surface area contributed by atoms with Crippen LogP contribution < -0.4 is 20.1 Å². The molecule has 0 saturated carbocycles. The number of anilines is 2. The van der Waals surface area contributed by atoms with E-state index in [1.165, 1.54) is 31.8 Å². The molecule has 0 radical (unpaired) electrons. The minimum Gasteiger partial charge on any atom is -0.495 e. The van der Waals surface area contributed by atoms with E-state index in [1.54, 1.807) is 29.6 Å². The van der Waals surface area contributed by atoms with Gasteiger partial charge in [-0.05, 0) is 18.2 Å². The third-order valence-corrected chi connectivity index (χ3v) is 4.71. The standard InChI is InChI=1S/C18H16ClN3O5S/c1-25-14-8-15(26-2)12(7-11(14)19)21-16(23)6-10-9-28-18(20-10)22-17(24)13-4-3-5-27-13/h3-5,7-9H,6H2,1-2H3,(H,21,23)(H,20,22,24). The smallest absolute Gasteiger partial charge is 0.293 e. The fourth-order valence-electron chi connectivity index (χ4n) is 2.33. The zero-order valence-electron chi connectivity index (χ0n) is 14.9. The number of aromatic nitrogens is 1. The van der Waals surface area contributed by atoms with Gasteiger partial charge in [-0.15, -0.1) is 11.3 Å². The number of amides is 2. The third kappa shape index (κ3) is 4.62. The minimum atomic E-state index is -0.409. The molecular formula is C18H16ClN3O5S. The number of hydrogen-bond donors (Lipinski definition) is 2. The van der Waals surface area contributed by atoms with E-state index in [-0.39, 0.29) is 18.1 Å². The Kier molecular flexibility index (Phi) is 6.17. The van der Waals surface area contributed by atoms with Crippen molar-refractivity contribution in [3.05, 3.63) is 52.4 Å². The third-order valence-electron chi connectivity index (χ3n) is 3.61. The molecule has 2 N–H and O–H groups in total. The van der Waals surface area contributed by atoms with E-state index >= 15 is 0 Å². The first kappa shape index (κ1) is 19.7. The maximum atomic E-state index is 12.4. The van der Waals surface area contributed by atoms with Gasteiger partial charge in [0.2, 0.25) is 5.91 Å². The number of methoxy groups -OCH3 is 2. The van der Waals surface area contributed by atoms with Gasteiger partial charge in [0.15, 0.2) is 10.9 Å². The second kappa shape index (κ2) is 8.77. The largest absolute Gasteiger partial charge is 0.495 e. The SMILES string of the molecule is COc1cc(OC)c(NC(=O)Cc2csc(NC(=O)c3ccco3)n2)cc1Cl. The monoisotopic (exact) mass is 421 g/mol. The van der Waals surface area contributed by atoms with Gasteiger partial charge in [-0.2, -0.15) is 0 Å². The number of nitrogens with one attached hydrogen (secondary N) is 2. The van der Waals surface area contributed by atoms with Gasteiger partial charge >= 0.3 is 0 Å². The van der Waals surface area contributed by atoms with Crippen molar-refractivity contribution in [1.29, 1.82) is 0 Å². The number of rotatable bonds is 7. The van der Waals surface area contributed by atoms with E-state index in [0.29, 0.717) is 33.0 Å². The summed E-state index contributed by atoms with van der Waals surface area (Å²) in [5.41, 5.74) is 0.927. The number of benzene rings is 1. The van der Waals surface area contributed by atoms with E-state index in [2.05, 4.69) is 15.6 Å². The van der Waals surface area contributed by atoms with Gasteiger partial charge in [0.25, 0.3) is 5.91 Å². The number of carbonyl (C=O) groups excluding carboxylic acids is 2. The fraction of sp³-hybridized carbons (Fsp3) is 0.167. The van der Waals surface area contributed by atoms with E-state index in [4.69, 9.17) is 25.5 Å². The molecule has 28 heavy (non-hydrogen) atoms. The van der Waals surface area contributed by atoms with Crippen molar-refractivity contribution in [2.24, 2.45) is 0 Å². The maximum Gasteiger partial charge on any atom is 0.293 e. The second-order valence-corrected chi connectivity index (χ2v) is 6.75. The van der Waals surface area contributed by atoms with Gasteiger partial charge in [-0.25, -0.2) is 4.98 Å². The zero-order valence-corrected chi connectivity index (χ0v) is 16.5. The number of thiazole rings is 1. The number of carbonyl (C=O) groups is 2. The minimum absolute atomic E-state index is 0.0138. The highest BCUT2D eigenvalue weighted by molar-refractivity contribution is 7.14. The molecule has 2 amide bonds. The molecule has 0 aliphatic rings. The van der Waals surface area contributed by atoms with Crippen LogP contribution in [0.3, 0.4) is 0 Å². The Morgan fingerprint density at radius 1 is 1.21 bits per heavy atom. The van der Waals surface area contributed by atoms with Crippen molar-refractivity contribution >= 4 is 45.6 Å². The summed E-state index contributed by atoms with van der Waals surface area (Å²) < 4.78 is 15.4. The maximum absolute atomic E-state index is 12.4. The number of ether oxygens (including phenoxy) is 2. The molecule has 1 aromatic carbocycles. The lowest BCUT2D eigenvalue weighted by atomic mass is 10.2. The van der Waals surface area contributed by atoms with E-state index in [0.717, 1.165) is 0 Å². The molecule has 2 aromatic heterocycles. The lowest BCUT2D eigenvalue weighted by Gasteiger charge is -2.12. The molecule has 0 fully saturated rings. The van der Waals surface area contributed by atoms with Crippen molar-refractivity contribution in [1.82, 2.24) is 4.98 Å². The van der Waals surface area contributed by atoms with Crippen molar-refractivity contribution in [3.63, 3.8) is 0 Å². The van der Waals surface area contributed by atoms with Gasteiger partial charge in [0, 0.05) is 11.4 Å². The summed E-state index contributed by atoms with van der Waals surface area (Å²) >= 11 is 7.32. The van der Waals surface area contributed by atoms with Gasteiger partial charge < -0.3 is 19.2 Å². The van der Waals surface area contributed by atoms with Crippen LogP contribution in [-0.4, -0.2) is 31.0 Å². The first-order chi connectivity index (χ1) is 13.5. The number of hydrogen-bond acceptors (Lipinski definition) is 7. The van der Waals surface area contributed by atoms with Crippen molar-refractivity contribution < 1.29 is 23.5 Å². The molecule has 2 heterocycles. The number of halogens is 1. The number of furan rings is 1. The Bertz CT molecular complexity index is 987. The van der Waals surface area contributed by atoms with E-state index in [1.807, 2.05) is 0 Å². The summed E-state index contributed by atoms with van der Waals surface area (Å²) in [6.07, 6.45) is 1.42. The Morgan fingerprint density at radius 2 is 2.00 bits per heavy atom. The van der Waals surface area contributed by atoms with Crippen molar-refractivity contribution in [3.8, 4) is 11.5 Å². The Morgan fingerprint density at radius 3 is 2.68 bits per heavy atom.